The highest BCUT2D eigenvalue weighted by Gasteiger charge is 2.46. The van der Waals surface area contributed by atoms with Gasteiger partial charge in [0.05, 0.1) is 13.7 Å². The highest BCUT2D eigenvalue weighted by molar-refractivity contribution is 6.01. The van der Waals surface area contributed by atoms with Crippen LogP contribution in [0.1, 0.15) is 39.0 Å². The van der Waals surface area contributed by atoms with Crippen LogP contribution in [0.2, 0.25) is 0 Å². The second-order valence-corrected chi connectivity index (χ2v) is 8.41. The third-order valence-corrected chi connectivity index (χ3v) is 6.11. The quantitative estimate of drug-likeness (QED) is 0.560. The molecule has 3 amide bonds. The smallest absolute Gasteiger partial charge is 0.272 e. The molecule has 0 fully saturated rings. The lowest BCUT2D eigenvalue weighted by Crippen LogP contribution is -2.62. The number of likely N-dealkylation sites (N-methyl/N-ethyl adjacent to an activating group) is 1. The van der Waals surface area contributed by atoms with Gasteiger partial charge in [0.25, 0.3) is 11.8 Å². The van der Waals surface area contributed by atoms with Gasteiger partial charge in [0, 0.05) is 26.2 Å². The van der Waals surface area contributed by atoms with E-state index in [1.807, 2.05) is 54.6 Å². The minimum Gasteiger partial charge on any atom is -0.497 e. The van der Waals surface area contributed by atoms with E-state index in [-0.39, 0.29) is 36.3 Å². The monoisotopic (exact) mass is 461 g/mol. The van der Waals surface area contributed by atoms with Crippen LogP contribution >= 0.6 is 0 Å². The van der Waals surface area contributed by atoms with E-state index in [0.29, 0.717) is 12.3 Å². The van der Waals surface area contributed by atoms with Crippen molar-refractivity contribution in [2.24, 2.45) is 0 Å². The first-order chi connectivity index (χ1) is 16.3. The topological polar surface area (TPSA) is 106 Å². The Hall–Kier alpha value is -4.14. The molecular weight excluding hydrogens is 434 g/mol. The van der Waals surface area contributed by atoms with Crippen LogP contribution in [-0.4, -0.2) is 52.1 Å². The van der Waals surface area contributed by atoms with Gasteiger partial charge in [-0.1, -0.05) is 42.5 Å². The minimum absolute atomic E-state index is 0.119. The van der Waals surface area contributed by atoms with Crippen LogP contribution in [0.4, 0.5) is 0 Å². The molecule has 2 N–H and O–H groups in total. The predicted octanol–water partition coefficient (Wildman–Crippen LogP) is 1.98. The van der Waals surface area contributed by atoms with Crippen LogP contribution in [0.5, 0.6) is 5.75 Å². The summed E-state index contributed by atoms with van der Waals surface area (Å²) >= 11 is 0. The zero-order valence-electron chi connectivity index (χ0n) is 19.4. The molecule has 2 aromatic carbocycles. The number of carbonyl (C=O) groups is 3. The molecule has 0 spiro atoms. The molecule has 9 nitrogen and oxygen atoms in total. The van der Waals surface area contributed by atoms with Crippen molar-refractivity contribution in [1.29, 1.82) is 0 Å². The molecule has 0 saturated heterocycles. The summed E-state index contributed by atoms with van der Waals surface area (Å²) in [6.45, 7) is 2.46. The number of rotatable bonds is 7. The van der Waals surface area contributed by atoms with Gasteiger partial charge < -0.3 is 20.3 Å². The molecular formula is C25H27N5O4. The van der Waals surface area contributed by atoms with Crippen LogP contribution in [-0.2, 0) is 24.4 Å². The molecule has 176 valence electrons. The van der Waals surface area contributed by atoms with E-state index in [2.05, 4.69) is 15.7 Å². The Bertz CT molecular complexity index is 1220. The number of methoxy groups -OCH3 is 1. The fourth-order valence-electron chi connectivity index (χ4n) is 3.86. The average molecular weight is 462 g/mol. The van der Waals surface area contributed by atoms with Crippen molar-refractivity contribution in [1.82, 2.24) is 25.3 Å². The van der Waals surface area contributed by atoms with Crippen LogP contribution < -0.4 is 15.4 Å². The second kappa shape index (κ2) is 9.38. The molecule has 3 aromatic rings. The molecule has 4 rings (SSSR count). The number of nitrogens with one attached hydrogen (secondary N) is 2. The lowest BCUT2D eigenvalue weighted by Gasteiger charge is -2.40. The fourth-order valence-corrected chi connectivity index (χ4v) is 3.86. The van der Waals surface area contributed by atoms with Crippen LogP contribution in [0.25, 0.3) is 0 Å². The largest absolute Gasteiger partial charge is 0.497 e. The van der Waals surface area contributed by atoms with E-state index in [1.54, 1.807) is 21.1 Å². The van der Waals surface area contributed by atoms with E-state index in [1.165, 1.54) is 15.6 Å². The summed E-state index contributed by atoms with van der Waals surface area (Å²) in [6, 6.07) is 18.4. The maximum atomic E-state index is 13.1. The fraction of sp³-hybridized carbons (Fsp3) is 0.280. The molecule has 0 bridgehead atoms. The number of aromatic nitrogens is 2. The first kappa shape index (κ1) is 23.0. The summed E-state index contributed by atoms with van der Waals surface area (Å²) in [5, 5.41) is 10.0. The van der Waals surface area contributed by atoms with Gasteiger partial charge in [-0.15, -0.1) is 0 Å². The third kappa shape index (κ3) is 4.50. The van der Waals surface area contributed by atoms with E-state index in [4.69, 9.17) is 4.74 Å². The first-order valence-electron chi connectivity index (χ1n) is 10.9. The van der Waals surface area contributed by atoms with Gasteiger partial charge >= 0.3 is 0 Å². The highest BCUT2D eigenvalue weighted by Crippen LogP contribution is 2.26. The number of ether oxygens (including phenoxy) is 1. The highest BCUT2D eigenvalue weighted by atomic mass is 16.5. The molecule has 1 aliphatic heterocycles. The predicted molar refractivity (Wildman–Crippen MR) is 125 cm³/mol. The molecule has 9 heteroatoms. The number of hydrogen-bond acceptors (Lipinski definition) is 5. The van der Waals surface area contributed by atoms with Crippen LogP contribution in [0.15, 0.2) is 60.7 Å². The SMILES string of the molecule is COc1cccc(CNC(=O)c2cc3n(n2)CC(C)(C(=O)NCc2ccccc2)N(C)C3=O)c1. The molecule has 1 aromatic heterocycles. The number of amides is 3. The molecule has 2 heterocycles. The van der Waals surface area contributed by atoms with Gasteiger partial charge in [-0.3, -0.25) is 19.1 Å². The molecule has 0 aliphatic carbocycles. The van der Waals surface area contributed by atoms with Gasteiger partial charge in [0.2, 0.25) is 5.91 Å². The molecule has 34 heavy (non-hydrogen) atoms. The summed E-state index contributed by atoms with van der Waals surface area (Å²) in [7, 11) is 3.17. The molecule has 1 aliphatic rings. The van der Waals surface area contributed by atoms with Crippen molar-refractivity contribution in [2.45, 2.75) is 32.1 Å². The zero-order chi connectivity index (χ0) is 24.3. The number of nitrogens with zero attached hydrogens (tertiary/aromatic N) is 3. The first-order valence-corrected chi connectivity index (χ1v) is 10.9. The third-order valence-electron chi connectivity index (χ3n) is 6.11. The van der Waals surface area contributed by atoms with Crippen molar-refractivity contribution < 1.29 is 19.1 Å². The lowest BCUT2D eigenvalue weighted by atomic mass is 9.96. The van der Waals surface area contributed by atoms with E-state index < -0.39 is 11.4 Å². The Balaban J connectivity index is 1.46. The number of carbonyl (C=O) groups excluding carboxylic acids is 3. The van der Waals surface area contributed by atoms with E-state index >= 15 is 0 Å². The summed E-state index contributed by atoms with van der Waals surface area (Å²) < 4.78 is 6.64. The van der Waals surface area contributed by atoms with Crippen LogP contribution in [0.3, 0.4) is 0 Å². The number of fused-ring (bicyclic) bond motifs is 1. The van der Waals surface area contributed by atoms with Crippen molar-refractivity contribution in [3.05, 3.63) is 83.2 Å². The summed E-state index contributed by atoms with van der Waals surface area (Å²) in [6.07, 6.45) is 0. The van der Waals surface area contributed by atoms with E-state index in [9.17, 15) is 14.4 Å². The van der Waals surface area contributed by atoms with Gasteiger partial charge in [-0.2, -0.15) is 5.10 Å². The Morgan fingerprint density at radius 2 is 1.74 bits per heavy atom. The Labute approximate surface area is 197 Å². The van der Waals surface area contributed by atoms with Crippen molar-refractivity contribution in [3.63, 3.8) is 0 Å². The molecule has 0 radical (unpaired) electrons. The zero-order valence-corrected chi connectivity index (χ0v) is 19.4. The van der Waals surface area contributed by atoms with Gasteiger partial charge in [-0.05, 0) is 30.2 Å². The summed E-state index contributed by atoms with van der Waals surface area (Å²) in [5.41, 5.74) is 1.06. The van der Waals surface area contributed by atoms with E-state index in [0.717, 1.165) is 11.1 Å². The number of benzene rings is 2. The van der Waals surface area contributed by atoms with Crippen molar-refractivity contribution in [2.75, 3.05) is 14.2 Å². The molecule has 0 saturated carbocycles. The summed E-state index contributed by atoms with van der Waals surface area (Å²) in [4.78, 5) is 40.2. The normalized spacial score (nSPS) is 17.1. The molecule has 1 unspecified atom stereocenters. The van der Waals surface area contributed by atoms with Crippen molar-refractivity contribution in [3.8, 4) is 5.75 Å². The van der Waals surface area contributed by atoms with Crippen LogP contribution in [0, 0.1) is 0 Å². The Morgan fingerprint density at radius 1 is 1.03 bits per heavy atom. The Morgan fingerprint density at radius 3 is 2.47 bits per heavy atom. The van der Waals surface area contributed by atoms with Gasteiger partial charge in [0.15, 0.2) is 5.69 Å². The molecule has 1 atom stereocenters. The summed E-state index contributed by atoms with van der Waals surface area (Å²) in [5.74, 6) is -0.376. The number of hydrogen-bond donors (Lipinski definition) is 2. The minimum atomic E-state index is -1.15. The maximum Gasteiger partial charge on any atom is 0.272 e. The maximum absolute atomic E-state index is 13.1. The Kier molecular flexibility index (Phi) is 6.36. The second-order valence-electron chi connectivity index (χ2n) is 8.41. The van der Waals surface area contributed by atoms with Gasteiger partial charge in [-0.25, -0.2) is 0 Å². The lowest BCUT2D eigenvalue weighted by molar-refractivity contribution is -0.132. The van der Waals surface area contributed by atoms with Gasteiger partial charge in [0.1, 0.15) is 17.0 Å². The standard InChI is InChI=1S/C25H27N5O4/c1-25(24(33)27-14-17-8-5-4-6-9-17)16-30-21(23(32)29(25)2)13-20(28-30)22(31)26-15-18-10-7-11-19(12-18)34-3/h4-13H,14-16H2,1-3H3,(H,26,31)(H,27,33). The van der Waals surface area contributed by atoms with Crippen molar-refractivity contribution >= 4 is 17.7 Å². The average Bonchev–Trinajstić information content (AvgIpc) is 3.29.